The van der Waals surface area contributed by atoms with Gasteiger partial charge in [-0.15, -0.1) is 0 Å². The van der Waals surface area contributed by atoms with Crippen LogP contribution in [-0.4, -0.2) is 24.2 Å². The second kappa shape index (κ2) is 7.54. The summed E-state index contributed by atoms with van der Waals surface area (Å²) in [5, 5.41) is 14.7. The highest BCUT2D eigenvalue weighted by Crippen LogP contribution is 2.30. The largest absolute Gasteiger partial charge is 0.493 e. The van der Waals surface area contributed by atoms with Crippen LogP contribution in [0.4, 0.5) is 5.69 Å². The summed E-state index contributed by atoms with van der Waals surface area (Å²) in [5.41, 5.74) is 4.25. The summed E-state index contributed by atoms with van der Waals surface area (Å²) in [6.07, 6.45) is -0.591. The number of anilines is 1. The van der Waals surface area contributed by atoms with Gasteiger partial charge in [0.1, 0.15) is 11.9 Å². The van der Waals surface area contributed by atoms with Gasteiger partial charge in [0.2, 0.25) is 0 Å². The number of nitrogens with one attached hydrogen (secondary N) is 2. The Labute approximate surface area is 152 Å². The summed E-state index contributed by atoms with van der Waals surface area (Å²) in [6.45, 7) is 3.74. The lowest BCUT2D eigenvalue weighted by Gasteiger charge is -1.99. The van der Waals surface area contributed by atoms with Crippen molar-refractivity contribution in [3.63, 3.8) is 0 Å². The fourth-order valence-electron chi connectivity index (χ4n) is 2.86. The molecule has 0 spiro atoms. The molecular formula is C21H24N2O3. The van der Waals surface area contributed by atoms with Gasteiger partial charge in [0.15, 0.2) is 11.3 Å². The van der Waals surface area contributed by atoms with Gasteiger partial charge >= 0.3 is 0 Å². The van der Waals surface area contributed by atoms with E-state index in [0.717, 1.165) is 11.1 Å². The smallest absolute Gasteiger partial charge is 0.176 e. The summed E-state index contributed by atoms with van der Waals surface area (Å²) < 4.78 is 10.6. The van der Waals surface area contributed by atoms with Gasteiger partial charge < -0.3 is 24.6 Å². The molecule has 3 N–H and O–H groups in total. The highest BCUT2D eigenvalue weighted by molar-refractivity contribution is 5.84. The summed E-state index contributed by atoms with van der Waals surface area (Å²) in [7, 11) is 3.53. The SMILES string of the molecule is CNc1ccc2[nH]c(C)cc2c1.COc1cccc2cc(C(C)O)oc12. The van der Waals surface area contributed by atoms with Crippen LogP contribution in [0.1, 0.15) is 24.5 Å². The van der Waals surface area contributed by atoms with E-state index in [2.05, 4.69) is 41.5 Å². The van der Waals surface area contributed by atoms with E-state index in [1.54, 1.807) is 14.0 Å². The van der Waals surface area contributed by atoms with Crippen molar-refractivity contribution in [3.05, 3.63) is 60.0 Å². The number of rotatable bonds is 3. The quantitative estimate of drug-likeness (QED) is 0.484. The van der Waals surface area contributed by atoms with Gasteiger partial charge in [-0.3, -0.25) is 0 Å². The van der Waals surface area contributed by atoms with Crippen molar-refractivity contribution in [1.82, 2.24) is 4.98 Å². The fourth-order valence-corrected chi connectivity index (χ4v) is 2.86. The van der Waals surface area contributed by atoms with E-state index in [-0.39, 0.29) is 0 Å². The second-order valence-corrected chi connectivity index (χ2v) is 6.21. The van der Waals surface area contributed by atoms with Crippen molar-refractivity contribution in [2.45, 2.75) is 20.0 Å². The third kappa shape index (κ3) is 3.68. The number of fused-ring (bicyclic) bond motifs is 2. The van der Waals surface area contributed by atoms with Crippen molar-refractivity contribution in [1.29, 1.82) is 0 Å². The van der Waals surface area contributed by atoms with Crippen molar-refractivity contribution in [3.8, 4) is 5.75 Å². The Bertz CT molecular complexity index is 1010. The lowest BCUT2D eigenvalue weighted by atomic mass is 10.2. The summed E-state index contributed by atoms with van der Waals surface area (Å²) in [5.74, 6) is 1.25. The number of methoxy groups -OCH3 is 1. The van der Waals surface area contributed by atoms with Crippen LogP contribution in [0, 0.1) is 6.92 Å². The zero-order valence-electron chi connectivity index (χ0n) is 15.5. The van der Waals surface area contributed by atoms with E-state index >= 15 is 0 Å². The van der Waals surface area contributed by atoms with Crippen LogP contribution in [0.15, 0.2) is 52.9 Å². The number of hydrogen-bond donors (Lipinski definition) is 3. The molecule has 0 aliphatic heterocycles. The Morgan fingerprint density at radius 1 is 1.12 bits per heavy atom. The van der Waals surface area contributed by atoms with Crippen molar-refractivity contribution >= 4 is 27.6 Å². The van der Waals surface area contributed by atoms with Gasteiger partial charge in [0.05, 0.1) is 7.11 Å². The van der Waals surface area contributed by atoms with Crippen molar-refractivity contribution in [2.24, 2.45) is 0 Å². The number of aromatic amines is 1. The molecule has 0 fully saturated rings. The van der Waals surface area contributed by atoms with Crippen molar-refractivity contribution < 1.29 is 14.3 Å². The van der Waals surface area contributed by atoms with Crippen LogP contribution in [0.2, 0.25) is 0 Å². The van der Waals surface area contributed by atoms with E-state index in [4.69, 9.17) is 9.15 Å². The van der Waals surface area contributed by atoms with Crippen LogP contribution in [-0.2, 0) is 0 Å². The summed E-state index contributed by atoms with van der Waals surface area (Å²) >= 11 is 0. The topological polar surface area (TPSA) is 70.4 Å². The standard InChI is InChI=1S/C11H12O3.C10H12N2/c1-7(12)10-6-8-4-3-5-9(13-2)11(8)14-10;1-7-5-8-6-9(11-2)3-4-10(8)12-7/h3-7,12H,1-2H3;3-6,11-12H,1-2H3. The van der Waals surface area contributed by atoms with Crippen LogP contribution < -0.4 is 10.1 Å². The fraction of sp³-hybridized carbons (Fsp3) is 0.238. The van der Waals surface area contributed by atoms with Gasteiger partial charge in [-0.1, -0.05) is 12.1 Å². The van der Waals surface area contributed by atoms with E-state index in [1.807, 2.05) is 31.3 Å². The molecule has 0 saturated carbocycles. The Hall–Kier alpha value is -2.92. The number of furan rings is 1. The number of aromatic nitrogens is 1. The number of para-hydroxylation sites is 1. The van der Waals surface area contributed by atoms with E-state index in [0.29, 0.717) is 17.1 Å². The first-order valence-electron chi connectivity index (χ1n) is 8.53. The van der Waals surface area contributed by atoms with E-state index < -0.39 is 6.10 Å². The second-order valence-electron chi connectivity index (χ2n) is 6.21. The lowest BCUT2D eigenvalue weighted by Crippen LogP contribution is -1.85. The van der Waals surface area contributed by atoms with E-state index in [1.165, 1.54) is 16.6 Å². The molecule has 0 amide bonds. The van der Waals surface area contributed by atoms with Gasteiger partial charge in [-0.05, 0) is 50.2 Å². The molecule has 26 heavy (non-hydrogen) atoms. The number of ether oxygens (including phenoxy) is 1. The molecule has 0 bridgehead atoms. The predicted molar refractivity (Wildman–Crippen MR) is 106 cm³/mol. The predicted octanol–water partition coefficient (Wildman–Crippen LogP) is 5.01. The maximum atomic E-state index is 9.35. The number of benzene rings is 2. The molecule has 2 heterocycles. The summed E-state index contributed by atoms with van der Waals surface area (Å²) in [4.78, 5) is 3.28. The molecular weight excluding hydrogens is 328 g/mol. The Balaban J connectivity index is 0.000000152. The molecule has 2 aromatic heterocycles. The monoisotopic (exact) mass is 352 g/mol. The molecule has 1 atom stereocenters. The molecule has 5 nitrogen and oxygen atoms in total. The number of aliphatic hydroxyl groups is 1. The van der Waals surface area contributed by atoms with Gasteiger partial charge in [-0.25, -0.2) is 0 Å². The molecule has 0 aliphatic carbocycles. The average molecular weight is 352 g/mol. The zero-order chi connectivity index (χ0) is 18.7. The molecule has 0 saturated heterocycles. The first-order chi connectivity index (χ1) is 12.5. The van der Waals surface area contributed by atoms with Crippen LogP contribution in [0.3, 0.4) is 0 Å². The minimum atomic E-state index is -0.591. The van der Waals surface area contributed by atoms with Gasteiger partial charge in [-0.2, -0.15) is 0 Å². The Morgan fingerprint density at radius 2 is 1.92 bits per heavy atom. The van der Waals surface area contributed by atoms with Crippen LogP contribution in [0.5, 0.6) is 5.75 Å². The molecule has 4 aromatic rings. The number of hydrogen-bond acceptors (Lipinski definition) is 4. The minimum absolute atomic E-state index is 0.560. The Morgan fingerprint density at radius 3 is 2.62 bits per heavy atom. The van der Waals surface area contributed by atoms with Crippen LogP contribution >= 0.6 is 0 Å². The summed E-state index contributed by atoms with van der Waals surface area (Å²) in [6, 6.07) is 15.9. The average Bonchev–Trinajstić information content (AvgIpc) is 3.23. The van der Waals surface area contributed by atoms with Gasteiger partial charge in [0.25, 0.3) is 0 Å². The van der Waals surface area contributed by atoms with Crippen LogP contribution in [0.25, 0.3) is 21.9 Å². The normalized spacial score (nSPS) is 11.9. The maximum absolute atomic E-state index is 9.35. The maximum Gasteiger partial charge on any atom is 0.176 e. The highest BCUT2D eigenvalue weighted by atomic mass is 16.5. The number of aliphatic hydroxyl groups excluding tert-OH is 1. The molecule has 1 unspecified atom stereocenters. The molecule has 4 rings (SSSR count). The lowest BCUT2D eigenvalue weighted by molar-refractivity contribution is 0.172. The van der Waals surface area contributed by atoms with E-state index in [9.17, 15) is 5.11 Å². The van der Waals surface area contributed by atoms with Crippen molar-refractivity contribution in [2.75, 3.05) is 19.5 Å². The molecule has 136 valence electrons. The Kier molecular flexibility index (Phi) is 5.19. The third-order valence-electron chi connectivity index (χ3n) is 4.20. The molecule has 0 radical (unpaired) electrons. The number of aryl methyl sites for hydroxylation is 1. The number of H-pyrrole nitrogens is 1. The molecule has 0 aliphatic rings. The molecule has 2 aromatic carbocycles. The third-order valence-corrected chi connectivity index (χ3v) is 4.20. The highest BCUT2D eigenvalue weighted by Gasteiger charge is 2.11. The first kappa shape index (κ1) is 17.9. The first-order valence-corrected chi connectivity index (χ1v) is 8.53. The van der Waals surface area contributed by atoms with Gasteiger partial charge in [0, 0.05) is 34.7 Å². The zero-order valence-corrected chi connectivity index (χ0v) is 15.5. The molecule has 5 heteroatoms. The minimum Gasteiger partial charge on any atom is -0.493 e.